The molecule has 4 heterocycles. The summed E-state index contributed by atoms with van der Waals surface area (Å²) >= 11 is 0. The molecule has 7 rings (SSSR count). The molecule has 304 valence electrons. The molecule has 15 nitrogen and oxygen atoms in total. The Morgan fingerprint density at radius 1 is 1.11 bits per heavy atom. The molecule has 3 fully saturated rings. The fourth-order valence-corrected chi connectivity index (χ4v) is 9.46. The summed E-state index contributed by atoms with van der Waals surface area (Å²) in [6.45, 7) is -7.42. The number of carbonyl (C=O) groups excluding carboxylic acids is 4. The van der Waals surface area contributed by atoms with E-state index in [1.807, 2.05) is 31.0 Å². The van der Waals surface area contributed by atoms with Crippen LogP contribution in [0.2, 0.25) is 0 Å². The van der Waals surface area contributed by atoms with Crippen LogP contribution in [0.1, 0.15) is 91.7 Å². The molecule has 1 aromatic heterocycles. The first-order valence-corrected chi connectivity index (χ1v) is 20.5. The number of hydrogen-bond acceptors (Lipinski definition) is 11. The van der Waals surface area contributed by atoms with Crippen molar-refractivity contribution in [1.29, 1.82) is 0 Å². The molecule has 4 amide bonds. The summed E-state index contributed by atoms with van der Waals surface area (Å²) in [6, 6.07) is 2.34. The van der Waals surface area contributed by atoms with Gasteiger partial charge in [0.15, 0.2) is 5.75 Å². The predicted octanol–water partition coefficient (Wildman–Crippen LogP) is 3.80. The van der Waals surface area contributed by atoms with E-state index in [0.717, 1.165) is 10.6 Å². The summed E-state index contributed by atoms with van der Waals surface area (Å²) in [4.78, 5) is 65.1. The number of nitrogens with zero attached hydrogens (tertiary/aromatic N) is 3. The maximum absolute atomic E-state index is 15.1. The third-order valence-corrected chi connectivity index (χ3v) is 13.2. The molecule has 2 aliphatic carbocycles. The minimum Gasteiger partial charge on any atom is -0.489 e. The number of anilines is 1. The zero-order valence-electron chi connectivity index (χ0n) is 40.5. The Balaban J connectivity index is 1.26. The molecule has 56 heavy (non-hydrogen) atoms. The van der Waals surface area contributed by atoms with E-state index in [0.29, 0.717) is 55.4 Å². The van der Waals surface area contributed by atoms with Crippen LogP contribution in [-0.4, -0.2) is 103 Å². The highest BCUT2D eigenvalue weighted by Gasteiger charge is 2.62. The molecular formula is C40H54N6O9S. The molecule has 0 unspecified atom stereocenters. The summed E-state index contributed by atoms with van der Waals surface area (Å²) in [7, 11) is -2.10. The lowest BCUT2D eigenvalue weighted by atomic mass is 9.88. The Morgan fingerprint density at radius 2 is 1.89 bits per heavy atom. The standard InChI is InChI=1S/C40H54N6O9S/c1-23-9-7-8-10-25-21-40(25,37(49)44-56(51,52)27-11-12-27)43-34(47)31-20-26(22-46(31)36(48)32(24(2)19-23)42-38(50)55-39(3,4)5)54-35-29-13-14-30-33(28(29)15-16-41-35)53-18-17-45(30)6/h8,10,13-16,23-27,31-32H,7,9,11-12,17-22H2,1-6H3,(H,42,50)(H,43,47)(H,44,49)/b10-8-/t23-,24-,25-,26-,31+,32+,40-/m1/s1/i3D3,4D3,5D3. The first kappa shape index (κ1) is 29.6. The number of hydrogen-bond donors (Lipinski definition) is 3. The van der Waals surface area contributed by atoms with Crippen molar-refractivity contribution in [3.05, 3.63) is 36.5 Å². The second-order valence-electron chi connectivity index (χ2n) is 15.8. The number of aromatic nitrogens is 1. The summed E-state index contributed by atoms with van der Waals surface area (Å²) < 4.78 is 117. The van der Waals surface area contributed by atoms with E-state index in [2.05, 4.69) is 20.3 Å². The lowest BCUT2D eigenvalue weighted by molar-refractivity contribution is -0.142. The third kappa shape index (κ3) is 8.25. The lowest BCUT2D eigenvalue weighted by Gasteiger charge is -2.33. The third-order valence-electron chi connectivity index (χ3n) is 11.3. The summed E-state index contributed by atoms with van der Waals surface area (Å²) in [5.74, 6) is -3.49. The second kappa shape index (κ2) is 15.1. The number of carbonyl (C=O) groups is 4. The highest BCUT2D eigenvalue weighted by molar-refractivity contribution is 7.91. The number of nitrogens with one attached hydrogen (secondary N) is 3. The average molecular weight is 804 g/mol. The highest BCUT2D eigenvalue weighted by Crippen LogP contribution is 2.46. The molecule has 0 bridgehead atoms. The molecule has 1 aromatic carbocycles. The van der Waals surface area contributed by atoms with Crippen molar-refractivity contribution in [1.82, 2.24) is 25.2 Å². The van der Waals surface area contributed by atoms with Gasteiger partial charge in [-0.05, 0) is 89.1 Å². The molecule has 1 saturated heterocycles. The Morgan fingerprint density at radius 3 is 2.64 bits per heavy atom. The largest absolute Gasteiger partial charge is 0.489 e. The Kier molecular flexibility index (Phi) is 7.96. The molecule has 0 spiro atoms. The fourth-order valence-electron chi connectivity index (χ4n) is 8.09. The van der Waals surface area contributed by atoms with Gasteiger partial charge in [-0.15, -0.1) is 0 Å². The fraction of sp³-hybridized carbons (Fsp3) is 0.625. The number of benzene rings is 1. The number of likely N-dealkylation sites (N-methyl/N-ethyl adjacent to an activating group) is 1. The van der Waals surface area contributed by atoms with Crippen LogP contribution in [0.4, 0.5) is 10.5 Å². The van der Waals surface area contributed by atoms with Gasteiger partial charge in [0.05, 0.1) is 24.0 Å². The lowest BCUT2D eigenvalue weighted by Crippen LogP contribution is -2.59. The number of fused-ring (bicyclic) bond motifs is 5. The van der Waals surface area contributed by atoms with Crippen LogP contribution >= 0.6 is 0 Å². The van der Waals surface area contributed by atoms with E-state index < -0.39 is 101 Å². The predicted molar refractivity (Wildman–Crippen MR) is 209 cm³/mol. The first-order chi connectivity index (χ1) is 30.2. The smallest absolute Gasteiger partial charge is 0.408 e. The van der Waals surface area contributed by atoms with Crippen LogP contribution in [-0.2, 0) is 29.1 Å². The molecule has 0 radical (unpaired) electrons. The van der Waals surface area contributed by atoms with Crippen LogP contribution < -0.4 is 29.7 Å². The van der Waals surface area contributed by atoms with Crippen LogP contribution in [0.3, 0.4) is 0 Å². The molecule has 3 aliphatic heterocycles. The summed E-state index contributed by atoms with van der Waals surface area (Å²) in [5, 5.41) is 5.57. The number of allylic oxidation sites excluding steroid dienone is 1. The van der Waals surface area contributed by atoms with Gasteiger partial charge in [0.1, 0.15) is 35.9 Å². The molecular weight excluding hydrogens is 741 g/mol. The van der Waals surface area contributed by atoms with E-state index in [4.69, 9.17) is 26.5 Å². The molecule has 3 N–H and O–H groups in total. The van der Waals surface area contributed by atoms with E-state index in [-0.39, 0.29) is 37.6 Å². The van der Waals surface area contributed by atoms with E-state index in [9.17, 15) is 22.8 Å². The second-order valence-corrected chi connectivity index (χ2v) is 17.8. The van der Waals surface area contributed by atoms with E-state index in [1.54, 1.807) is 25.1 Å². The van der Waals surface area contributed by atoms with Gasteiger partial charge in [-0.25, -0.2) is 18.2 Å². The number of rotatable bonds is 6. The Labute approximate surface area is 340 Å². The van der Waals surface area contributed by atoms with Gasteiger partial charge >= 0.3 is 6.09 Å². The van der Waals surface area contributed by atoms with Crippen LogP contribution in [0, 0.1) is 17.8 Å². The van der Waals surface area contributed by atoms with Crippen molar-refractivity contribution in [2.45, 2.75) is 114 Å². The summed E-state index contributed by atoms with van der Waals surface area (Å²) in [5.41, 5.74) is -4.86. The number of ether oxygens (including phenoxy) is 3. The molecule has 16 heteroatoms. The summed E-state index contributed by atoms with van der Waals surface area (Å²) in [6.07, 6.45) is 4.20. The van der Waals surface area contributed by atoms with Crippen LogP contribution in [0.25, 0.3) is 10.8 Å². The first-order valence-electron chi connectivity index (χ1n) is 23.5. The number of amides is 4. The maximum atomic E-state index is 15.1. The number of pyridine rings is 1. The van der Waals surface area contributed by atoms with Gasteiger partial charge < -0.3 is 34.6 Å². The number of sulfonamides is 1. The zero-order valence-corrected chi connectivity index (χ0v) is 32.3. The minimum absolute atomic E-state index is 0.0597. The van der Waals surface area contributed by atoms with Crippen molar-refractivity contribution >= 4 is 50.3 Å². The van der Waals surface area contributed by atoms with Gasteiger partial charge in [0.25, 0.3) is 5.91 Å². The SMILES string of the molecule is [2H]C([2H])([2H])C(OC(=O)N[C@@H]1C(=O)N2C[C@H](Oc3nccc4c5c(ccc34)N(C)CCO5)C[C@H]2C(=O)N[C@]2(C(=O)NS(=O)(=O)C3CC3)C[C@H]2/C=C\CC[C@@H](C)C[C@H]1C)(C([2H])([2H])[2H])C([2H])([2H])[2H]. The normalized spacial score (nSPS) is 33.4. The quantitative estimate of drug-likeness (QED) is 0.361. The zero-order chi connectivity index (χ0) is 47.7. The van der Waals surface area contributed by atoms with Crippen molar-refractivity contribution in [3.8, 4) is 11.6 Å². The van der Waals surface area contributed by atoms with Gasteiger partial charge in [0, 0.05) is 48.7 Å². The minimum atomic E-state index is -4.04. The van der Waals surface area contributed by atoms with Gasteiger partial charge in [-0.2, -0.15) is 0 Å². The van der Waals surface area contributed by atoms with Gasteiger partial charge in [0.2, 0.25) is 27.7 Å². The van der Waals surface area contributed by atoms with E-state index >= 15 is 4.79 Å². The molecule has 2 aromatic rings. The Bertz CT molecular complexity index is 2320. The molecule has 5 aliphatic rings. The Hall–Kier alpha value is -4.60. The van der Waals surface area contributed by atoms with Gasteiger partial charge in [-0.1, -0.05) is 26.0 Å². The highest BCUT2D eigenvalue weighted by atomic mass is 32.2. The van der Waals surface area contributed by atoms with Crippen molar-refractivity contribution in [2.24, 2.45) is 17.8 Å². The van der Waals surface area contributed by atoms with Gasteiger partial charge in [-0.3, -0.25) is 19.1 Å². The maximum Gasteiger partial charge on any atom is 0.408 e. The van der Waals surface area contributed by atoms with Crippen molar-refractivity contribution in [2.75, 3.05) is 31.6 Å². The molecule has 7 atom stereocenters. The molecule has 2 saturated carbocycles. The monoisotopic (exact) mass is 803 g/mol. The van der Waals surface area contributed by atoms with Crippen LogP contribution in [0.15, 0.2) is 36.5 Å². The topological polar surface area (TPSA) is 186 Å². The van der Waals surface area contributed by atoms with Crippen molar-refractivity contribution in [3.63, 3.8) is 0 Å². The number of alkyl carbamates (subject to hydrolysis) is 1. The van der Waals surface area contributed by atoms with Crippen molar-refractivity contribution < 1.29 is 54.1 Å². The average Bonchev–Trinajstić information content (AvgIpc) is 4.13. The van der Waals surface area contributed by atoms with E-state index in [1.165, 1.54) is 6.20 Å². The van der Waals surface area contributed by atoms with Crippen LogP contribution in [0.5, 0.6) is 11.6 Å².